The van der Waals surface area contributed by atoms with Crippen molar-refractivity contribution in [2.24, 2.45) is 17.8 Å². The first-order chi connectivity index (χ1) is 11.3. The second-order valence-electron chi connectivity index (χ2n) is 7.70. The lowest BCUT2D eigenvalue weighted by atomic mass is 9.70. The van der Waals surface area contributed by atoms with Gasteiger partial charge in [0.2, 0.25) is 0 Å². The molecule has 0 aromatic heterocycles. The zero-order valence-electron chi connectivity index (χ0n) is 15.5. The summed E-state index contributed by atoms with van der Waals surface area (Å²) in [4.78, 5) is 0. The van der Waals surface area contributed by atoms with Crippen LogP contribution in [0, 0.1) is 17.8 Å². The smallest absolute Gasteiger partial charge is 0.0978 e. The quantitative estimate of drug-likeness (QED) is 0.265. The molecule has 0 amide bonds. The van der Waals surface area contributed by atoms with Crippen molar-refractivity contribution >= 4 is 0 Å². The molecule has 0 spiro atoms. The van der Waals surface area contributed by atoms with Crippen LogP contribution < -0.4 is 0 Å². The Bertz CT molecular complexity index is 341. The van der Waals surface area contributed by atoms with Crippen molar-refractivity contribution in [2.75, 3.05) is 0 Å². The minimum atomic E-state index is 0.492. The Morgan fingerprint density at radius 1 is 0.826 bits per heavy atom. The highest BCUT2D eigenvalue weighted by Crippen LogP contribution is 2.40. The van der Waals surface area contributed by atoms with Crippen molar-refractivity contribution in [2.45, 2.75) is 97.0 Å². The molecule has 0 radical (unpaired) electrons. The third kappa shape index (κ3) is 6.73. The highest BCUT2D eigenvalue weighted by Gasteiger charge is 2.30. The fourth-order valence-corrected chi connectivity index (χ4v) is 4.38. The summed E-state index contributed by atoms with van der Waals surface area (Å²) < 4.78 is 5.85. The number of hydrogen-bond acceptors (Lipinski definition) is 1. The van der Waals surface area contributed by atoms with Crippen LogP contribution >= 0.6 is 0 Å². The van der Waals surface area contributed by atoms with Gasteiger partial charge >= 0.3 is 0 Å². The van der Waals surface area contributed by atoms with Gasteiger partial charge in [0.25, 0.3) is 0 Å². The molecule has 0 saturated heterocycles. The maximum Gasteiger partial charge on any atom is 0.0978 e. The standard InChI is InChI=1S/C22H38O/c1-3-5-7-8-9-19-10-12-20(13-11-19)21-14-16-22(17-15-21)23-18-6-4-2/h6,8-9,18-22H,3-5,7,10-17H2,1-2H3/b9-8+,18-6+/t19-,20-,21?,22?. The van der Waals surface area contributed by atoms with Crippen molar-refractivity contribution in [1.29, 1.82) is 0 Å². The van der Waals surface area contributed by atoms with E-state index in [1.54, 1.807) is 0 Å². The van der Waals surface area contributed by atoms with Crippen molar-refractivity contribution < 1.29 is 4.74 Å². The summed E-state index contributed by atoms with van der Waals surface area (Å²) in [6, 6.07) is 0. The van der Waals surface area contributed by atoms with E-state index in [4.69, 9.17) is 4.74 Å². The third-order valence-corrected chi connectivity index (χ3v) is 5.94. The lowest BCUT2D eigenvalue weighted by Gasteiger charge is -2.37. The molecule has 2 fully saturated rings. The van der Waals surface area contributed by atoms with Gasteiger partial charge in [0.1, 0.15) is 0 Å². The minimum absolute atomic E-state index is 0.492. The van der Waals surface area contributed by atoms with Crippen LogP contribution in [0.15, 0.2) is 24.5 Å². The largest absolute Gasteiger partial charge is 0.498 e. The van der Waals surface area contributed by atoms with Gasteiger partial charge in [-0.05, 0) is 82.0 Å². The van der Waals surface area contributed by atoms with E-state index in [9.17, 15) is 0 Å². The van der Waals surface area contributed by atoms with E-state index in [1.165, 1.54) is 70.6 Å². The van der Waals surface area contributed by atoms with Gasteiger partial charge in [-0.1, -0.05) is 44.9 Å². The van der Waals surface area contributed by atoms with E-state index in [2.05, 4.69) is 32.1 Å². The molecule has 0 atom stereocenters. The normalized spacial score (nSPS) is 32.6. The van der Waals surface area contributed by atoms with E-state index >= 15 is 0 Å². The van der Waals surface area contributed by atoms with Crippen LogP contribution in [0.1, 0.15) is 90.9 Å². The van der Waals surface area contributed by atoms with Crippen LogP contribution in [0.25, 0.3) is 0 Å². The molecular weight excluding hydrogens is 280 g/mol. The van der Waals surface area contributed by atoms with Gasteiger partial charge in [-0.25, -0.2) is 0 Å². The molecule has 0 bridgehead atoms. The van der Waals surface area contributed by atoms with Crippen LogP contribution in [-0.4, -0.2) is 6.10 Å². The molecule has 23 heavy (non-hydrogen) atoms. The van der Waals surface area contributed by atoms with Crippen molar-refractivity contribution in [3.63, 3.8) is 0 Å². The van der Waals surface area contributed by atoms with Crippen LogP contribution in [0.3, 0.4) is 0 Å². The van der Waals surface area contributed by atoms with Gasteiger partial charge in [0, 0.05) is 0 Å². The Balaban J connectivity index is 1.63. The number of unbranched alkanes of at least 4 members (excludes halogenated alkanes) is 2. The summed E-state index contributed by atoms with van der Waals surface area (Å²) in [6.45, 7) is 4.44. The lowest BCUT2D eigenvalue weighted by molar-refractivity contribution is 0.0649. The Morgan fingerprint density at radius 3 is 2.09 bits per heavy atom. The lowest BCUT2D eigenvalue weighted by Crippen LogP contribution is -2.27. The summed E-state index contributed by atoms with van der Waals surface area (Å²) in [5.41, 5.74) is 0. The predicted molar refractivity (Wildman–Crippen MR) is 100 cm³/mol. The highest BCUT2D eigenvalue weighted by atomic mass is 16.5. The molecule has 0 heterocycles. The Labute approximate surface area is 144 Å². The van der Waals surface area contributed by atoms with E-state index in [-0.39, 0.29) is 0 Å². The molecule has 132 valence electrons. The second-order valence-corrected chi connectivity index (χ2v) is 7.70. The number of hydrogen-bond donors (Lipinski definition) is 0. The predicted octanol–water partition coefficient (Wildman–Crippen LogP) is 7.04. The van der Waals surface area contributed by atoms with E-state index < -0.39 is 0 Å². The van der Waals surface area contributed by atoms with Gasteiger partial charge < -0.3 is 4.74 Å². The minimum Gasteiger partial charge on any atom is -0.498 e. The molecule has 1 heteroatoms. The fourth-order valence-electron chi connectivity index (χ4n) is 4.38. The third-order valence-electron chi connectivity index (χ3n) is 5.94. The summed E-state index contributed by atoms with van der Waals surface area (Å²) in [7, 11) is 0. The van der Waals surface area contributed by atoms with E-state index in [0.29, 0.717) is 6.10 Å². The average Bonchev–Trinajstić information content (AvgIpc) is 2.60. The van der Waals surface area contributed by atoms with E-state index in [0.717, 1.165) is 24.2 Å². The molecular formula is C22H38O. The van der Waals surface area contributed by atoms with Crippen LogP contribution in [-0.2, 0) is 4.74 Å². The van der Waals surface area contributed by atoms with Gasteiger partial charge in [-0.15, -0.1) is 0 Å². The Kier molecular flexibility index (Phi) is 8.86. The van der Waals surface area contributed by atoms with Gasteiger partial charge in [-0.3, -0.25) is 0 Å². The first kappa shape index (κ1) is 18.6. The number of allylic oxidation sites excluding steroid dienone is 3. The first-order valence-corrected chi connectivity index (χ1v) is 10.3. The zero-order valence-corrected chi connectivity index (χ0v) is 15.5. The molecule has 1 nitrogen and oxygen atoms in total. The fraction of sp³-hybridized carbons (Fsp3) is 0.818. The van der Waals surface area contributed by atoms with Gasteiger partial charge in [0.15, 0.2) is 0 Å². The average molecular weight is 319 g/mol. The number of ether oxygens (including phenoxy) is 1. The molecule has 0 unspecified atom stereocenters. The number of rotatable bonds is 8. The maximum atomic E-state index is 5.85. The summed E-state index contributed by atoms with van der Waals surface area (Å²) in [5, 5.41) is 0. The molecule has 2 saturated carbocycles. The van der Waals surface area contributed by atoms with Crippen LogP contribution in [0.4, 0.5) is 0 Å². The molecule has 0 N–H and O–H groups in total. The topological polar surface area (TPSA) is 9.23 Å². The van der Waals surface area contributed by atoms with Crippen molar-refractivity contribution in [1.82, 2.24) is 0 Å². The molecule has 0 aromatic carbocycles. The Hall–Kier alpha value is -0.720. The summed E-state index contributed by atoms with van der Waals surface area (Å²) >= 11 is 0. The molecule has 2 aliphatic rings. The van der Waals surface area contributed by atoms with Gasteiger partial charge in [0.05, 0.1) is 12.4 Å². The monoisotopic (exact) mass is 318 g/mol. The SMILES string of the molecule is CC/C=C/OC1CCC([C@H]2CC[C@H](/C=C/CCCC)CC2)CC1. The summed E-state index contributed by atoms with van der Waals surface area (Å²) in [6.07, 6.45) is 25.7. The van der Waals surface area contributed by atoms with E-state index in [1.807, 2.05) is 6.26 Å². The zero-order chi connectivity index (χ0) is 16.3. The maximum absolute atomic E-state index is 5.85. The van der Waals surface area contributed by atoms with Crippen molar-refractivity contribution in [3.8, 4) is 0 Å². The second kappa shape index (κ2) is 10.9. The van der Waals surface area contributed by atoms with Crippen molar-refractivity contribution in [3.05, 3.63) is 24.5 Å². The van der Waals surface area contributed by atoms with Crippen LogP contribution in [0.2, 0.25) is 0 Å². The highest BCUT2D eigenvalue weighted by molar-refractivity contribution is 4.92. The molecule has 2 aliphatic carbocycles. The van der Waals surface area contributed by atoms with Crippen LogP contribution in [0.5, 0.6) is 0 Å². The summed E-state index contributed by atoms with van der Waals surface area (Å²) in [5.74, 6) is 2.86. The molecule has 0 aliphatic heterocycles. The first-order valence-electron chi connectivity index (χ1n) is 10.3. The van der Waals surface area contributed by atoms with Gasteiger partial charge in [-0.2, -0.15) is 0 Å². The Morgan fingerprint density at radius 2 is 1.48 bits per heavy atom. The molecule has 0 aromatic rings. The molecule has 2 rings (SSSR count).